The average Bonchev–Trinajstić information content (AvgIpc) is 2.91. The Morgan fingerprint density at radius 3 is 2.79 bits per heavy atom. The van der Waals surface area contributed by atoms with E-state index in [2.05, 4.69) is 15.3 Å². The van der Waals surface area contributed by atoms with Crippen LogP contribution in [-0.4, -0.2) is 51.6 Å². The van der Waals surface area contributed by atoms with Crippen molar-refractivity contribution in [2.75, 3.05) is 18.8 Å². The predicted molar refractivity (Wildman–Crippen MR) is 97.1 cm³/mol. The molecule has 0 aliphatic heterocycles. The third-order valence-electron chi connectivity index (χ3n) is 3.47. The van der Waals surface area contributed by atoms with Crippen LogP contribution in [0.4, 0.5) is 0 Å². The van der Waals surface area contributed by atoms with E-state index in [0.29, 0.717) is 11.7 Å². The van der Waals surface area contributed by atoms with Gasteiger partial charge in [0.2, 0.25) is 11.8 Å². The molecule has 2 amide bonds. The molecule has 1 heterocycles. The molecule has 2 rings (SSSR count). The van der Waals surface area contributed by atoms with Crippen molar-refractivity contribution in [2.45, 2.75) is 38.9 Å². The quantitative estimate of drug-likeness (QED) is 0.753. The molecule has 0 saturated carbocycles. The fourth-order valence-electron chi connectivity index (χ4n) is 2.31. The van der Waals surface area contributed by atoms with Crippen molar-refractivity contribution in [3.05, 3.63) is 23.8 Å². The van der Waals surface area contributed by atoms with E-state index in [0.717, 1.165) is 16.6 Å². The SMILES string of the molecule is CCN(CC(=O)NC(C)C)C(=O)CSc1nc2ccc(C)cc2[nH]1. The normalized spacial score (nSPS) is 11.0. The van der Waals surface area contributed by atoms with Crippen molar-refractivity contribution in [1.82, 2.24) is 20.2 Å². The van der Waals surface area contributed by atoms with E-state index in [-0.39, 0.29) is 30.2 Å². The van der Waals surface area contributed by atoms with Gasteiger partial charge in [0, 0.05) is 12.6 Å². The number of aromatic amines is 1. The van der Waals surface area contributed by atoms with Gasteiger partial charge in [-0.05, 0) is 45.4 Å². The molecule has 0 unspecified atom stereocenters. The Kier molecular flexibility index (Phi) is 6.25. The lowest BCUT2D eigenvalue weighted by molar-refractivity contribution is -0.134. The number of nitrogens with one attached hydrogen (secondary N) is 2. The Hall–Kier alpha value is -2.02. The first-order chi connectivity index (χ1) is 11.4. The number of aromatic nitrogens is 2. The lowest BCUT2D eigenvalue weighted by Crippen LogP contribution is -2.43. The molecule has 0 spiro atoms. The number of H-pyrrole nitrogens is 1. The number of imidazole rings is 1. The fourth-order valence-corrected chi connectivity index (χ4v) is 3.09. The molecule has 7 heteroatoms. The molecular formula is C17H24N4O2S. The third-order valence-corrected chi connectivity index (χ3v) is 4.32. The van der Waals surface area contributed by atoms with Gasteiger partial charge >= 0.3 is 0 Å². The van der Waals surface area contributed by atoms with Crippen LogP contribution in [0.2, 0.25) is 0 Å². The molecule has 2 N–H and O–H groups in total. The van der Waals surface area contributed by atoms with Crippen molar-refractivity contribution in [3.63, 3.8) is 0 Å². The minimum Gasteiger partial charge on any atom is -0.352 e. The van der Waals surface area contributed by atoms with E-state index < -0.39 is 0 Å². The molecule has 0 saturated heterocycles. The second kappa shape index (κ2) is 8.19. The van der Waals surface area contributed by atoms with E-state index in [1.807, 2.05) is 45.9 Å². The number of likely N-dealkylation sites (N-methyl/N-ethyl adjacent to an activating group) is 1. The number of fused-ring (bicyclic) bond motifs is 1. The van der Waals surface area contributed by atoms with Gasteiger partial charge in [-0.3, -0.25) is 9.59 Å². The summed E-state index contributed by atoms with van der Waals surface area (Å²) in [6, 6.07) is 6.07. The highest BCUT2D eigenvalue weighted by molar-refractivity contribution is 7.99. The Morgan fingerprint density at radius 1 is 1.38 bits per heavy atom. The molecule has 0 bridgehead atoms. The van der Waals surface area contributed by atoms with Gasteiger partial charge in [-0.2, -0.15) is 0 Å². The first-order valence-electron chi connectivity index (χ1n) is 8.05. The van der Waals surface area contributed by atoms with Crippen molar-refractivity contribution in [3.8, 4) is 0 Å². The molecular weight excluding hydrogens is 324 g/mol. The smallest absolute Gasteiger partial charge is 0.239 e. The summed E-state index contributed by atoms with van der Waals surface area (Å²) in [6.45, 7) is 8.29. The van der Waals surface area contributed by atoms with Crippen LogP contribution in [-0.2, 0) is 9.59 Å². The van der Waals surface area contributed by atoms with Gasteiger partial charge in [-0.1, -0.05) is 17.8 Å². The van der Waals surface area contributed by atoms with Crippen LogP contribution < -0.4 is 5.32 Å². The van der Waals surface area contributed by atoms with Crippen LogP contribution in [0.25, 0.3) is 11.0 Å². The predicted octanol–water partition coefficient (Wildman–Crippen LogP) is 2.34. The lowest BCUT2D eigenvalue weighted by atomic mass is 10.2. The molecule has 6 nitrogen and oxygen atoms in total. The highest BCUT2D eigenvalue weighted by Crippen LogP contribution is 2.20. The third kappa shape index (κ3) is 4.99. The van der Waals surface area contributed by atoms with Crippen molar-refractivity contribution < 1.29 is 9.59 Å². The number of benzene rings is 1. The molecule has 1 aromatic heterocycles. The maximum atomic E-state index is 12.3. The highest BCUT2D eigenvalue weighted by atomic mass is 32.2. The summed E-state index contributed by atoms with van der Waals surface area (Å²) in [7, 11) is 0. The van der Waals surface area contributed by atoms with Gasteiger partial charge in [-0.15, -0.1) is 0 Å². The summed E-state index contributed by atoms with van der Waals surface area (Å²) >= 11 is 1.36. The van der Waals surface area contributed by atoms with E-state index in [4.69, 9.17) is 0 Å². The fraction of sp³-hybridized carbons (Fsp3) is 0.471. The Balaban J connectivity index is 1.93. The summed E-state index contributed by atoms with van der Waals surface area (Å²) in [4.78, 5) is 33.4. The van der Waals surface area contributed by atoms with Crippen LogP contribution in [0.15, 0.2) is 23.4 Å². The molecule has 130 valence electrons. The summed E-state index contributed by atoms with van der Waals surface area (Å²) in [5.41, 5.74) is 3.01. The number of hydrogen-bond donors (Lipinski definition) is 2. The zero-order valence-electron chi connectivity index (χ0n) is 14.5. The standard InChI is InChI=1S/C17H24N4O2S/c1-5-21(9-15(22)18-11(2)3)16(23)10-24-17-19-13-7-6-12(4)8-14(13)20-17/h6-8,11H,5,9-10H2,1-4H3,(H,18,22)(H,19,20). The zero-order chi connectivity index (χ0) is 17.7. The van der Waals surface area contributed by atoms with Crippen LogP contribution in [0, 0.1) is 6.92 Å². The number of nitrogens with zero attached hydrogens (tertiary/aromatic N) is 2. The number of hydrogen-bond acceptors (Lipinski definition) is 4. The number of rotatable bonds is 7. The number of carbonyl (C=O) groups is 2. The summed E-state index contributed by atoms with van der Waals surface area (Å²) in [6.07, 6.45) is 0. The molecule has 1 aromatic carbocycles. The molecule has 0 atom stereocenters. The van der Waals surface area contributed by atoms with Gasteiger partial charge in [0.25, 0.3) is 0 Å². The van der Waals surface area contributed by atoms with E-state index in [1.165, 1.54) is 11.8 Å². The Bertz CT molecular complexity index is 726. The second-order valence-corrected chi connectivity index (χ2v) is 6.95. The van der Waals surface area contributed by atoms with Gasteiger partial charge in [0.15, 0.2) is 5.16 Å². The summed E-state index contributed by atoms with van der Waals surface area (Å²) in [5, 5.41) is 3.52. The van der Waals surface area contributed by atoms with Crippen molar-refractivity contribution in [1.29, 1.82) is 0 Å². The Morgan fingerprint density at radius 2 is 2.12 bits per heavy atom. The first kappa shape index (κ1) is 18.3. The van der Waals surface area contributed by atoms with Crippen molar-refractivity contribution in [2.24, 2.45) is 0 Å². The van der Waals surface area contributed by atoms with Crippen LogP contribution >= 0.6 is 11.8 Å². The number of thioether (sulfide) groups is 1. The molecule has 24 heavy (non-hydrogen) atoms. The van der Waals surface area contributed by atoms with Crippen LogP contribution in [0.3, 0.4) is 0 Å². The molecule has 0 fully saturated rings. The van der Waals surface area contributed by atoms with E-state index in [9.17, 15) is 9.59 Å². The lowest BCUT2D eigenvalue weighted by Gasteiger charge is -2.20. The minimum atomic E-state index is -0.135. The first-order valence-corrected chi connectivity index (χ1v) is 9.04. The number of amides is 2. The summed E-state index contributed by atoms with van der Waals surface area (Å²) < 4.78 is 0. The van der Waals surface area contributed by atoms with E-state index in [1.54, 1.807) is 4.90 Å². The topological polar surface area (TPSA) is 78.1 Å². The average molecular weight is 348 g/mol. The molecule has 0 radical (unpaired) electrons. The molecule has 0 aliphatic rings. The zero-order valence-corrected chi connectivity index (χ0v) is 15.4. The maximum absolute atomic E-state index is 12.3. The molecule has 2 aromatic rings. The van der Waals surface area contributed by atoms with Crippen molar-refractivity contribution >= 4 is 34.6 Å². The summed E-state index contributed by atoms with van der Waals surface area (Å²) in [5.74, 6) is 0.0455. The number of aryl methyl sites for hydroxylation is 1. The van der Waals surface area contributed by atoms with Crippen LogP contribution in [0.1, 0.15) is 26.3 Å². The monoisotopic (exact) mass is 348 g/mol. The van der Waals surface area contributed by atoms with Gasteiger partial charge in [0.1, 0.15) is 0 Å². The van der Waals surface area contributed by atoms with Crippen LogP contribution in [0.5, 0.6) is 0 Å². The maximum Gasteiger partial charge on any atom is 0.239 e. The van der Waals surface area contributed by atoms with Gasteiger partial charge in [0.05, 0.1) is 23.3 Å². The minimum absolute atomic E-state index is 0.0692. The second-order valence-electron chi connectivity index (χ2n) is 5.98. The highest BCUT2D eigenvalue weighted by Gasteiger charge is 2.17. The molecule has 0 aliphatic carbocycles. The Labute approximate surface area is 146 Å². The van der Waals surface area contributed by atoms with Gasteiger partial charge in [-0.25, -0.2) is 4.98 Å². The largest absolute Gasteiger partial charge is 0.352 e. The number of carbonyl (C=O) groups excluding carboxylic acids is 2. The van der Waals surface area contributed by atoms with E-state index >= 15 is 0 Å². The van der Waals surface area contributed by atoms with Gasteiger partial charge < -0.3 is 15.2 Å².